The van der Waals surface area contributed by atoms with Crippen molar-refractivity contribution >= 4 is 28.0 Å². The Balaban J connectivity index is 1.48. The average Bonchev–Trinajstić information content (AvgIpc) is 3.24. The fraction of sp³-hybridized carbons (Fsp3) is 0.300. The molecule has 0 spiro atoms. The van der Waals surface area contributed by atoms with E-state index in [2.05, 4.69) is 0 Å². The molecule has 1 aliphatic heterocycles. The Bertz CT molecular complexity index is 972. The summed E-state index contributed by atoms with van der Waals surface area (Å²) in [6.45, 7) is 2.35. The molecule has 29 heavy (non-hydrogen) atoms. The number of furan rings is 1. The van der Waals surface area contributed by atoms with Crippen LogP contribution < -0.4 is 0 Å². The summed E-state index contributed by atoms with van der Waals surface area (Å²) < 4.78 is 36.8. The van der Waals surface area contributed by atoms with E-state index < -0.39 is 22.6 Å². The molecule has 154 valence electrons. The second-order valence-electron chi connectivity index (χ2n) is 6.55. The van der Waals surface area contributed by atoms with E-state index in [9.17, 15) is 18.0 Å². The highest BCUT2D eigenvalue weighted by atomic mass is 32.2. The zero-order chi connectivity index (χ0) is 20.9. The molecule has 0 atom stereocenters. The van der Waals surface area contributed by atoms with Gasteiger partial charge in [0, 0.05) is 32.3 Å². The van der Waals surface area contributed by atoms with Gasteiger partial charge in [0.25, 0.3) is 5.91 Å². The lowest BCUT2D eigenvalue weighted by molar-refractivity contribution is -0.148. The Morgan fingerprint density at radius 1 is 1.10 bits per heavy atom. The van der Waals surface area contributed by atoms with Gasteiger partial charge in [0.15, 0.2) is 6.61 Å². The van der Waals surface area contributed by atoms with Crippen LogP contribution >= 0.6 is 0 Å². The van der Waals surface area contributed by atoms with E-state index in [1.165, 1.54) is 27.6 Å². The van der Waals surface area contributed by atoms with Crippen LogP contribution in [-0.4, -0.2) is 62.3 Å². The minimum absolute atomic E-state index is 0.189. The highest BCUT2D eigenvalue weighted by Gasteiger charge is 2.30. The number of carbonyl (C=O) groups excluding carboxylic acids is 2. The Labute approximate surface area is 169 Å². The van der Waals surface area contributed by atoms with Crippen molar-refractivity contribution in [2.45, 2.75) is 11.8 Å². The van der Waals surface area contributed by atoms with Gasteiger partial charge in [-0.15, -0.1) is 0 Å². The first-order chi connectivity index (χ1) is 13.9. The summed E-state index contributed by atoms with van der Waals surface area (Å²) in [6.07, 6.45) is 4.10. The van der Waals surface area contributed by atoms with Crippen molar-refractivity contribution < 1.29 is 27.2 Å². The maximum atomic E-state index is 12.7. The van der Waals surface area contributed by atoms with Gasteiger partial charge in [-0.1, -0.05) is 17.7 Å². The molecule has 1 fully saturated rings. The lowest BCUT2D eigenvalue weighted by Crippen LogP contribution is -2.51. The van der Waals surface area contributed by atoms with Crippen LogP contribution in [0.3, 0.4) is 0 Å². The third-order valence-electron chi connectivity index (χ3n) is 4.51. The van der Waals surface area contributed by atoms with Gasteiger partial charge in [-0.3, -0.25) is 4.79 Å². The van der Waals surface area contributed by atoms with Gasteiger partial charge in [0.2, 0.25) is 10.0 Å². The van der Waals surface area contributed by atoms with Gasteiger partial charge in [-0.2, -0.15) is 4.31 Å². The molecule has 1 aromatic heterocycles. The molecule has 0 N–H and O–H groups in total. The second-order valence-corrected chi connectivity index (χ2v) is 8.49. The fourth-order valence-electron chi connectivity index (χ4n) is 2.85. The number of ether oxygens (including phenoxy) is 1. The highest BCUT2D eigenvalue weighted by Crippen LogP contribution is 2.18. The number of nitrogens with zero attached hydrogens (tertiary/aromatic N) is 2. The molecular weight excluding hydrogens is 396 g/mol. The van der Waals surface area contributed by atoms with Crippen molar-refractivity contribution in [3.8, 4) is 0 Å². The van der Waals surface area contributed by atoms with Crippen molar-refractivity contribution in [2.24, 2.45) is 0 Å². The summed E-state index contributed by atoms with van der Waals surface area (Å²) in [7, 11) is -3.59. The molecule has 8 nitrogen and oxygen atoms in total. The van der Waals surface area contributed by atoms with Crippen LogP contribution in [0.5, 0.6) is 0 Å². The van der Waals surface area contributed by atoms with Crippen molar-refractivity contribution in [3.05, 3.63) is 60.1 Å². The Kier molecular flexibility index (Phi) is 6.50. The number of hydrogen-bond acceptors (Lipinski definition) is 6. The number of esters is 1. The maximum Gasteiger partial charge on any atom is 0.331 e. The summed E-state index contributed by atoms with van der Waals surface area (Å²) in [6, 6.07) is 10.0. The summed E-state index contributed by atoms with van der Waals surface area (Å²) >= 11 is 0. The average molecular weight is 418 g/mol. The monoisotopic (exact) mass is 418 g/mol. The second kappa shape index (κ2) is 9.06. The number of rotatable bonds is 6. The van der Waals surface area contributed by atoms with E-state index >= 15 is 0 Å². The lowest BCUT2D eigenvalue weighted by Gasteiger charge is -2.33. The molecule has 0 unspecified atom stereocenters. The topological polar surface area (TPSA) is 97.1 Å². The minimum Gasteiger partial charge on any atom is -0.465 e. The third-order valence-corrected chi connectivity index (χ3v) is 6.43. The van der Waals surface area contributed by atoms with Crippen LogP contribution in [-0.2, 0) is 24.3 Å². The quantitative estimate of drug-likeness (QED) is 0.523. The van der Waals surface area contributed by atoms with E-state index in [1.54, 1.807) is 36.4 Å². The van der Waals surface area contributed by atoms with E-state index in [0.29, 0.717) is 5.76 Å². The fourth-order valence-corrected chi connectivity index (χ4v) is 4.27. The molecule has 2 aromatic rings. The van der Waals surface area contributed by atoms with Gasteiger partial charge in [-0.25, -0.2) is 13.2 Å². The molecular formula is C20H22N2O6S. The molecule has 3 rings (SSSR count). The molecule has 1 amide bonds. The number of aryl methyl sites for hydroxylation is 1. The Hall–Kier alpha value is -2.91. The Morgan fingerprint density at radius 3 is 2.41 bits per heavy atom. The SMILES string of the molecule is Cc1ccc(S(=O)(=O)N2CCN(C(=O)COC(=O)/C=C/c3ccco3)CC2)cc1. The van der Waals surface area contributed by atoms with Crippen molar-refractivity contribution in [2.75, 3.05) is 32.8 Å². The van der Waals surface area contributed by atoms with E-state index in [0.717, 1.165) is 5.56 Å². The highest BCUT2D eigenvalue weighted by molar-refractivity contribution is 7.89. The summed E-state index contributed by atoms with van der Waals surface area (Å²) in [5.41, 5.74) is 0.980. The largest absolute Gasteiger partial charge is 0.465 e. The molecule has 2 heterocycles. The van der Waals surface area contributed by atoms with E-state index in [-0.39, 0.29) is 37.0 Å². The molecule has 0 radical (unpaired) electrons. The number of benzene rings is 1. The number of piperazine rings is 1. The van der Waals surface area contributed by atoms with Crippen LogP contribution in [0, 0.1) is 6.92 Å². The van der Waals surface area contributed by atoms with Gasteiger partial charge in [-0.05, 0) is 37.3 Å². The molecule has 1 aromatic carbocycles. The number of carbonyl (C=O) groups is 2. The first kappa shape index (κ1) is 20.8. The number of hydrogen-bond donors (Lipinski definition) is 0. The summed E-state index contributed by atoms with van der Waals surface area (Å²) in [5, 5.41) is 0. The third kappa shape index (κ3) is 5.33. The Morgan fingerprint density at radius 2 is 1.79 bits per heavy atom. The lowest BCUT2D eigenvalue weighted by atomic mass is 10.2. The molecule has 1 saturated heterocycles. The first-order valence-corrected chi connectivity index (χ1v) is 10.5. The maximum absolute atomic E-state index is 12.7. The molecule has 0 saturated carbocycles. The van der Waals surface area contributed by atoms with Crippen molar-refractivity contribution in [1.29, 1.82) is 0 Å². The predicted molar refractivity (Wildman–Crippen MR) is 105 cm³/mol. The van der Waals surface area contributed by atoms with Crippen molar-refractivity contribution in [3.63, 3.8) is 0 Å². The standard InChI is InChI=1S/C20H22N2O6S/c1-16-4-7-18(8-5-16)29(25,26)22-12-10-21(11-13-22)19(23)15-28-20(24)9-6-17-3-2-14-27-17/h2-9,14H,10-13,15H2,1H3/b9-6+. The smallest absolute Gasteiger partial charge is 0.331 e. The minimum atomic E-state index is -3.59. The van der Waals surface area contributed by atoms with E-state index in [4.69, 9.17) is 9.15 Å². The molecule has 0 aliphatic carbocycles. The van der Waals surface area contributed by atoms with Gasteiger partial charge < -0.3 is 14.1 Å². The van der Waals surface area contributed by atoms with Crippen LogP contribution in [0.4, 0.5) is 0 Å². The normalized spacial score (nSPS) is 15.6. The van der Waals surface area contributed by atoms with E-state index in [1.807, 2.05) is 6.92 Å². The van der Waals surface area contributed by atoms with Crippen LogP contribution in [0.2, 0.25) is 0 Å². The van der Waals surface area contributed by atoms with Gasteiger partial charge in [0.1, 0.15) is 5.76 Å². The van der Waals surface area contributed by atoms with Crippen LogP contribution in [0.1, 0.15) is 11.3 Å². The molecule has 9 heteroatoms. The van der Waals surface area contributed by atoms with Gasteiger partial charge in [0.05, 0.1) is 11.2 Å². The summed E-state index contributed by atoms with van der Waals surface area (Å²) in [4.78, 5) is 25.6. The number of amides is 1. The van der Waals surface area contributed by atoms with Gasteiger partial charge >= 0.3 is 5.97 Å². The summed E-state index contributed by atoms with van der Waals surface area (Å²) in [5.74, 6) is -0.522. The van der Waals surface area contributed by atoms with Crippen LogP contribution in [0.15, 0.2) is 58.1 Å². The predicted octanol–water partition coefficient (Wildman–Crippen LogP) is 1.68. The first-order valence-electron chi connectivity index (χ1n) is 9.09. The zero-order valence-electron chi connectivity index (χ0n) is 16.0. The number of sulfonamides is 1. The van der Waals surface area contributed by atoms with Crippen molar-refractivity contribution in [1.82, 2.24) is 9.21 Å². The zero-order valence-corrected chi connectivity index (χ0v) is 16.8. The molecule has 1 aliphatic rings. The van der Waals surface area contributed by atoms with Crippen LogP contribution in [0.25, 0.3) is 6.08 Å². The molecule has 0 bridgehead atoms.